The topological polar surface area (TPSA) is 59.6 Å². The first-order valence-corrected chi connectivity index (χ1v) is 6.38. The fourth-order valence-electron chi connectivity index (χ4n) is 1.55. The molecule has 106 valence electrons. The number of nitrogens with one attached hydrogen (secondary N) is 1. The molecule has 5 heteroatoms. The van der Waals surface area contributed by atoms with Gasteiger partial charge in [-0.25, -0.2) is 9.38 Å². The van der Waals surface area contributed by atoms with E-state index in [0.717, 1.165) is 18.5 Å². The van der Waals surface area contributed by atoms with Crippen molar-refractivity contribution in [3.8, 4) is 5.75 Å². The Kier molecular flexibility index (Phi) is 6.12. The Morgan fingerprint density at radius 2 is 2.16 bits per heavy atom. The lowest BCUT2D eigenvalue weighted by Crippen LogP contribution is -2.32. The Balaban J connectivity index is 2.52. The highest BCUT2D eigenvalue weighted by Crippen LogP contribution is 2.16. The van der Waals surface area contributed by atoms with E-state index in [1.54, 1.807) is 6.07 Å². The molecule has 0 aliphatic rings. The van der Waals surface area contributed by atoms with E-state index in [-0.39, 0.29) is 5.82 Å². The van der Waals surface area contributed by atoms with E-state index < -0.39 is 0 Å². The molecule has 0 saturated carbocycles. The fraction of sp³-hybridized carbons (Fsp3) is 0.500. The predicted octanol–water partition coefficient (Wildman–Crippen LogP) is 2.28. The first kappa shape index (κ1) is 15.3. The van der Waals surface area contributed by atoms with Gasteiger partial charge in [0.2, 0.25) is 0 Å². The molecule has 0 bridgehead atoms. The van der Waals surface area contributed by atoms with Crippen molar-refractivity contribution in [2.45, 2.75) is 26.8 Å². The van der Waals surface area contributed by atoms with Gasteiger partial charge in [0.05, 0.1) is 13.7 Å². The van der Waals surface area contributed by atoms with Gasteiger partial charge < -0.3 is 15.8 Å². The van der Waals surface area contributed by atoms with Gasteiger partial charge in [0.25, 0.3) is 0 Å². The Morgan fingerprint density at radius 3 is 2.79 bits per heavy atom. The molecule has 0 aliphatic heterocycles. The van der Waals surface area contributed by atoms with Crippen LogP contribution in [-0.4, -0.2) is 19.6 Å². The van der Waals surface area contributed by atoms with Crippen LogP contribution in [0.3, 0.4) is 0 Å². The number of benzene rings is 1. The molecule has 0 aromatic heterocycles. The van der Waals surface area contributed by atoms with Crippen molar-refractivity contribution in [1.29, 1.82) is 0 Å². The van der Waals surface area contributed by atoms with Crippen LogP contribution in [0.5, 0.6) is 5.75 Å². The molecule has 3 N–H and O–H groups in total. The number of rotatable bonds is 6. The molecule has 4 nitrogen and oxygen atoms in total. The number of nitrogens with two attached hydrogens (primary N) is 1. The highest BCUT2D eigenvalue weighted by Gasteiger charge is 2.01. The Labute approximate surface area is 113 Å². The summed E-state index contributed by atoms with van der Waals surface area (Å²) in [5.74, 6) is 1.14. The minimum atomic E-state index is -0.337. The Bertz CT molecular complexity index is 433. The summed E-state index contributed by atoms with van der Waals surface area (Å²) in [6.07, 6.45) is 1.03. The molecular formula is C14H22FN3O. The second kappa shape index (κ2) is 7.61. The van der Waals surface area contributed by atoms with E-state index in [2.05, 4.69) is 24.2 Å². The summed E-state index contributed by atoms with van der Waals surface area (Å²) in [6.45, 7) is 5.41. The highest BCUT2D eigenvalue weighted by molar-refractivity contribution is 5.77. The Hall–Kier alpha value is -1.78. The molecule has 1 aromatic carbocycles. The molecule has 0 saturated heterocycles. The van der Waals surface area contributed by atoms with Crippen LogP contribution in [-0.2, 0) is 6.54 Å². The summed E-state index contributed by atoms with van der Waals surface area (Å²) in [7, 11) is 1.50. The lowest BCUT2D eigenvalue weighted by molar-refractivity contribution is 0.410. The largest absolute Gasteiger partial charge is 0.497 e. The molecular weight excluding hydrogens is 245 g/mol. The highest BCUT2D eigenvalue weighted by atomic mass is 19.1. The standard InChI is InChI=1S/C14H22FN3O/c1-10(2)4-5-17-14(16)18-9-11-6-12(15)8-13(7-11)19-3/h6-8,10H,4-5,9H2,1-3H3,(H3,16,17,18). The Morgan fingerprint density at radius 1 is 1.42 bits per heavy atom. The monoisotopic (exact) mass is 267 g/mol. The van der Waals surface area contributed by atoms with E-state index in [1.165, 1.54) is 19.2 Å². The third-order valence-corrected chi connectivity index (χ3v) is 2.63. The van der Waals surface area contributed by atoms with Gasteiger partial charge >= 0.3 is 0 Å². The van der Waals surface area contributed by atoms with Crippen LogP contribution in [0.4, 0.5) is 4.39 Å². The van der Waals surface area contributed by atoms with Crippen LogP contribution < -0.4 is 15.8 Å². The minimum Gasteiger partial charge on any atom is -0.497 e. The van der Waals surface area contributed by atoms with Gasteiger partial charge in [-0.2, -0.15) is 0 Å². The third-order valence-electron chi connectivity index (χ3n) is 2.63. The lowest BCUT2D eigenvalue weighted by Gasteiger charge is -2.08. The molecule has 0 aliphatic carbocycles. The number of hydrogen-bond acceptors (Lipinski definition) is 2. The lowest BCUT2D eigenvalue weighted by atomic mass is 10.1. The van der Waals surface area contributed by atoms with Gasteiger partial charge in [-0.1, -0.05) is 13.8 Å². The van der Waals surface area contributed by atoms with E-state index >= 15 is 0 Å². The molecule has 0 heterocycles. The number of hydrogen-bond donors (Lipinski definition) is 2. The predicted molar refractivity (Wildman–Crippen MR) is 75.7 cm³/mol. The molecule has 0 atom stereocenters. The summed E-state index contributed by atoms with van der Waals surface area (Å²) in [5.41, 5.74) is 6.46. The first-order chi connectivity index (χ1) is 9.01. The van der Waals surface area contributed by atoms with Crippen molar-refractivity contribution in [3.63, 3.8) is 0 Å². The maximum atomic E-state index is 13.3. The minimum absolute atomic E-state index is 0.328. The van der Waals surface area contributed by atoms with Gasteiger partial charge in [0.15, 0.2) is 5.96 Å². The number of guanidine groups is 1. The van der Waals surface area contributed by atoms with E-state index in [0.29, 0.717) is 24.2 Å². The summed E-state index contributed by atoms with van der Waals surface area (Å²) in [5, 5.41) is 3.03. The number of halogens is 1. The summed E-state index contributed by atoms with van der Waals surface area (Å²) in [4.78, 5) is 4.17. The molecule has 0 fully saturated rings. The number of nitrogens with zero attached hydrogens (tertiary/aromatic N) is 1. The number of ether oxygens (including phenoxy) is 1. The SMILES string of the molecule is COc1cc(F)cc(CN=C(N)NCCC(C)C)c1. The number of aliphatic imine (C=N–C) groups is 1. The summed E-state index contributed by atoms with van der Waals surface area (Å²) < 4.78 is 18.3. The smallest absolute Gasteiger partial charge is 0.188 e. The maximum absolute atomic E-state index is 13.3. The van der Waals surface area contributed by atoms with E-state index in [1.807, 2.05) is 0 Å². The fourth-order valence-corrected chi connectivity index (χ4v) is 1.55. The zero-order valence-corrected chi connectivity index (χ0v) is 11.7. The quantitative estimate of drug-likeness (QED) is 0.614. The van der Waals surface area contributed by atoms with Crippen molar-refractivity contribution in [3.05, 3.63) is 29.6 Å². The molecule has 19 heavy (non-hydrogen) atoms. The number of methoxy groups -OCH3 is 1. The molecule has 1 rings (SSSR count). The van der Waals surface area contributed by atoms with Gasteiger partial charge in [-0.15, -0.1) is 0 Å². The maximum Gasteiger partial charge on any atom is 0.188 e. The average molecular weight is 267 g/mol. The van der Waals surface area contributed by atoms with Crippen LogP contribution >= 0.6 is 0 Å². The molecule has 0 spiro atoms. The van der Waals surface area contributed by atoms with Gasteiger partial charge in [0, 0.05) is 12.6 Å². The third kappa shape index (κ3) is 6.08. The van der Waals surface area contributed by atoms with Crippen LogP contribution in [0.25, 0.3) is 0 Å². The first-order valence-electron chi connectivity index (χ1n) is 6.38. The van der Waals surface area contributed by atoms with E-state index in [4.69, 9.17) is 10.5 Å². The van der Waals surface area contributed by atoms with Crippen molar-refractivity contribution in [1.82, 2.24) is 5.32 Å². The van der Waals surface area contributed by atoms with Crippen LogP contribution in [0, 0.1) is 11.7 Å². The van der Waals surface area contributed by atoms with Gasteiger partial charge in [0.1, 0.15) is 11.6 Å². The molecule has 0 amide bonds. The molecule has 0 radical (unpaired) electrons. The zero-order valence-electron chi connectivity index (χ0n) is 11.7. The average Bonchev–Trinajstić information content (AvgIpc) is 2.35. The second-order valence-corrected chi connectivity index (χ2v) is 4.81. The van der Waals surface area contributed by atoms with Crippen LogP contribution in [0.15, 0.2) is 23.2 Å². The van der Waals surface area contributed by atoms with Crippen molar-refractivity contribution >= 4 is 5.96 Å². The van der Waals surface area contributed by atoms with Crippen LogP contribution in [0.1, 0.15) is 25.8 Å². The normalized spacial score (nSPS) is 11.7. The van der Waals surface area contributed by atoms with Gasteiger partial charge in [-0.05, 0) is 30.0 Å². The van der Waals surface area contributed by atoms with Gasteiger partial charge in [-0.3, -0.25) is 0 Å². The molecule has 1 aromatic rings. The molecule has 0 unspecified atom stereocenters. The summed E-state index contributed by atoms with van der Waals surface area (Å²) >= 11 is 0. The van der Waals surface area contributed by atoms with Crippen molar-refractivity contribution in [2.24, 2.45) is 16.6 Å². The zero-order chi connectivity index (χ0) is 14.3. The second-order valence-electron chi connectivity index (χ2n) is 4.81. The summed E-state index contributed by atoms with van der Waals surface area (Å²) in [6, 6.07) is 4.50. The van der Waals surface area contributed by atoms with Crippen LogP contribution in [0.2, 0.25) is 0 Å². The van der Waals surface area contributed by atoms with E-state index in [9.17, 15) is 4.39 Å². The van der Waals surface area contributed by atoms with Crippen molar-refractivity contribution in [2.75, 3.05) is 13.7 Å². The van der Waals surface area contributed by atoms with Crippen molar-refractivity contribution < 1.29 is 9.13 Å².